The molecule has 0 fully saturated rings. The molecule has 2 heterocycles. The van der Waals surface area contributed by atoms with Gasteiger partial charge in [-0.2, -0.15) is 4.98 Å². The molecule has 0 aliphatic heterocycles. The van der Waals surface area contributed by atoms with E-state index >= 15 is 0 Å². The van der Waals surface area contributed by atoms with E-state index in [1.54, 1.807) is 13.1 Å². The number of H-pyrrole nitrogens is 1. The van der Waals surface area contributed by atoms with Crippen molar-refractivity contribution < 1.29 is 14.1 Å². The Hall–Kier alpha value is -3.85. The highest BCUT2D eigenvalue weighted by Crippen LogP contribution is 2.31. The number of anilines is 1. The van der Waals surface area contributed by atoms with Crippen molar-refractivity contribution in [2.45, 2.75) is 33.7 Å². The Morgan fingerprint density at radius 2 is 1.83 bits per heavy atom. The Labute approximate surface area is 209 Å². The monoisotopic (exact) mass is 489 g/mol. The number of nitrogens with zero attached hydrogens (tertiary/aromatic N) is 4. The van der Waals surface area contributed by atoms with Crippen LogP contribution in [0, 0.1) is 11.8 Å². The van der Waals surface area contributed by atoms with Gasteiger partial charge in [0, 0.05) is 24.8 Å². The predicted molar refractivity (Wildman–Crippen MR) is 137 cm³/mol. The van der Waals surface area contributed by atoms with Crippen molar-refractivity contribution >= 4 is 24.0 Å². The maximum atomic E-state index is 12.5. The van der Waals surface area contributed by atoms with Gasteiger partial charge in [0.15, 0.2) is 5.82 Å². The SMILES string of the molecule is CCCN(Cc1ccc(-c2ccccc2-c2nc(=S)o[nH]2)cc1)c1nc(C)ncc1C(=O)OCC. The lowest BCUT2D eigenvalue weighted by Crippen LogP contribution is -2.27. The molecule has 1 N–H and O–H groups in total. The van der Waals surface area contributed by atoms with Crippen LogP contribution in [0.25, 0.3) is 22.5 Å². The van der Waals surface area contributed by atoms with Crippen LogP contribution in [0.3, 0.4) is 0 Å². The highest BCUT2D eigenvalue weighted by Gasteiger charge is 2.20. The summed E-state index contributed by atoms with van der Waals surface area (Å²) >= 11 is 5.01. The van der Waals surface area contributed by atoms with Crippen LogP contribution in [0.5, 0.6) is 0 Å². The molecular weight excluding hydrogens is 462 g/mol. The van der Waals surface area contributed by atoms with E-state index in [0.29, 0.717) is 36.2 Å². The first-order valence-electron chi connectivity index (χ1n) is 11.5. The van der Waals surface area contributed by atoms with E-state index < -0.39 is 5.97 Å². The van der Waals surface area contributed by atoms with Gasteiger partial charge in [-0.15, -0.1) is 0 Å². The highest BCUT2D eigenvalue weighted by molar-refractivity contribution is 7.71. The minimum atomic E-state index is -0.414. The van der Waals surface area contributed by atoms with Crippen molar-refractivity contribution in [3.8, 4) is 22.5 Å². The van der Waals surface area contributed by atoms with E-state index in [4.69, 9.17) is 21.5 Å². The molecule has 0 aliphatic rings. The van der Waals surface area contributed by atoms with Gasteiger partial charge >= 0.3 is 10.8 Å². The van der Waals surface area contributed by atoms with E-state index in [1.807, 2.05) is 31.2 Å². The first-order chi connectivity index (χ1) is 17.0. The number of esters is 1. The molecule has 0 saturated carbocycles. The Balaban J connectivity index is 1.63. The first kappa shape index (κ1) is 24.3. The number of carbonyl (C=O) groups is 1. The second-order valence-corrected chi connectivity index (χ2v) is 8.32. The number of hydrogen-bond donors (Lipinski definition) is 1. The molecule has 2 aromatic carbocycles. The average molecular weight is 490 g/mol. The van der Waals surface area contributed by atoms with Crippen molar-refractivity contribution in [2.75, 3.05) is 18.1 Å². The largest absolute Gasteiger partial charge is 0.462 e. The lowest BCUT2D eigenvalue weighted by atomic mass is 9.98. The Morgan fingerprint density at radius 1 is 1.09 bits per heavy atom. The van der Waals surface area contributed by atoms with Crippen molar-refractivity contribution in [1.82, 2.24) is 20.1 Å². The topological polar surface area (TPSA) is 97.1 Å². The third-order valence-electron chi connectivity index (χ3n) is 5.44. The van der Waals surface area contributed by atoms with Gasteiger partial charge in [-0.3, -0.25) is 0 Å². The number of aromatic amines is 1. The van der Waals surface area contributed by atoms with Crippen LogP contribution in [0.2, 0.25) is 0 Å². The molecule has 0 bridgehead atoms. The fraction of sp³-hybridized carbons (Fsp3) is 0.269. The first-order valence-corrected chi connectivity index (χ1v) is 11.9. The van der Waals surface area contributed by atoms with Crippen LogP contribution < -0.4 is 4.90 Å². The number of carbonyl (C=O) groups excluding carboxylic acids is 1. The van der Waals surface area contributed by atoms with Crippen LogP contribution in [-0.2, 0) is 11.3 Å². The number of ether oxygens (including phenoxy) is 1. The molecule has 2 aromatic heterocycles. The molecule has 0 atom stereocenters. The van der Waals surface area contributed by atoms with E-state index in [-0.39, 0.29) is 4.84 Å². The van der Waals surface area contributed by atoms with Crippen LogP contribution in [0.15, 0.2) is 59.3 Å². The zero-order chi connectivity index (χ0) is 24.8. The molecule has 0 radical (unpaired) electrons. The van der Waals surface area contributed by atoms with Crippen LogP contribution in [0.4, 0.5) is 5.82 Å². The van der Waals surface area contributed by atoms with E-state index in [0.717, 1.165) is 35.2 Å². The lowest BCUT2D eigenvalue weighted by Gasteiger charge is -2.25. The van der Waals surface area contributed by atoms with Crippen LogP contribution in [-0.4, -0.2) is 39.2 Å². The molecule has 0 amide bonds. The molecule has 9 heteroatoms. The molecule has 35 heavy (non-hydrogen) atoms. The second kappa shape index (κ2) is 11.1. The van der Waals surface area contributed by atoms with E-state index in [1.165, 1.54) is 0 Å². The van der Waals surface area contributed by atoms with Gasteiger partial charge in [-0.05, 0) is 49.2 Å². The molecule has 0 aliphatic carbocycles. The summed E-state index contributed by atoms with van der Waals surface area (Å²) < 4.78 is 10.4. The molecule has 8 nitrogen and oxygen atoms in total. The van der Waals surface area contributed by atoms with Gasteiger partial charge in [-0.1, -0.05) is 55.5 Å². The van der Waals surface area contributed by atoms with Crippen LogP contribution >= 0.6 is 12.2 Å². The third kappa shape index (κ3) is 5.63. The summed E-state index contributed by atoms with van der Waals surface area (Å²) in [6.07, 6.45) is 2.45. The number of nitrogens with one attached hydrogen (secondary N) is 1. The molecule has 180 valence electrons. The summed E-state index contributed by atoms with van der Waals surface area (Å²) in [7, 11) is 0. The van der Waals surface area contributed by atoms with Crippen LogP contribution in [0.1, 0.15) is 42.0 Å². The predicted octanol–water partition coefficient (Wildman–Crippen LogP) is 5.76. The van der Waals surface area contributed by atoms with Gasteiger partial charge in [0.25, 0.3) is 0 Å². The Bertz CT molecular complexity index is 1360. The number of aromatic nitrogens is 4. The van der Waals surface area contributed by atoms with Gasteiger partial charge in [0.2, 0.25) is 0 Å². The quantitative estimate of drug-likeness (QED) is 0.234. The summed E-state index contributed by atoms with van der Waals surface area (Å²) in [4.78, 5) is 27.9. The fourth-order valence-electron chi connectivity index (χ4n) is 3.88. The fourth-order valence-corrected chi connectivity index (χ4v) is 4.01. The summed E-state index contributed by atoms with van der Waals surface area (Å²) in [6, 6.07) is 16.3. The van der Waals surface area contributed by atoms with E-state index in [2.05, 4.69) is 56.2 Å². The van der Waals surface area contributed by atoms with Crippen molar-refractivity contribution in [2.24, 2.45) is 0 Å². The molecule has 0 saturated heterocycles. The smallest absolute Gasteiger partial charge is 0.343 e. The summed E-state index contributed by atoms with van der Waals surface area (Å²) in [6.45, 7) is 7.32. The van der Waals surface area contributed by atoms with Gasteiger partial charge in [-0.25, -0.2) is 19.9 Å². The number of aryl methyl sites for hydroxylation is 1. The standard InChI is InChI=1S/C26H27N5O3S/c1-4-14-31(24-22(25(32)33-5-2)15-27-17(3)28-24)16-18-10-12-19(13-11-18)20-8-6-7-9-21(20)23-29-26(35)34-30-23/h6-13,15H,4-5,14,16H2,1-3H3,(H,29,30,35). The maximum absolute atomic E-state index is 12.5. The normalized spacial score (nSPS) is 10.8. The second-order valence-electron chi connectivity index (χ2n) is 7.97. The van der Waals surface area contributed by atoms with Crippen molar-refractivity contribution in [3.63, 3.8) is 0 Å². The average Bonchev–Trinajstić information content (AvgIpc) is 3.30. The molecular formula is C26H27N5O3S. The summed E-state index contributed by atoms with van der Waals surface area (Å²) in [5.41, 5.74) is 4.43. The van der Waals surface area contributed by atoms with Gasteiger partial charge in [0.1, 0.15) is 17.2 Å². The minimum absolute atomic E-state index is 0.170. The number of benzene rings is 2. The molecule has 4 aromatic rings. The van der Waals surface area contributed by atoms with Gasteiger partial charge in [0.05, 0.1) is 6.61 Å². The summed E-state index contributed by atoms with van der Waals surface area (Å²) in [5.74, 6) is 1.37. The third-order valence-corrected chi connectivity index (χ3v) is 5.61. The molecule has 4 rings (SSSR count). The minimum Gasteiger partial charge on any atom is -0.462 e. The molecule has 0 unspecified atom stereocenters. The Morgan fingerprint density at radius 3 is 2.49 bits per heavy atom. The lowest BCUT2D eigenvalue weighted by molar-refractivity contribution is 0.0526. The number of hydrogen-bond acceptors (Lipinski definition) is 8. The summed E-state index contributed by atoms with van der Waals surface area (Å²) in [5, 5.41) is 2.78. The molecule has 0 spiro atoms. The van der Waals surface area contributed by atoms with Crippen molar-refractivity contribution in [1.29, 1.82) is 0 Å². The zero-order valence-electron chi connectivity index (χ0n) is 19.9. The highest BCUT2D eigenvalue weighted by atomic mass is 32.1. The van der Waals surface area contributed by atoms with Gasteiger partial charge < -0.3 is 14.2 Å². The zero-order valence-corrected chi connectivity index (χ0v) is 20.8. The Kier molecular flexibility index (Phi) is 7.67. The van der Waals surface area contributed by atoms with Crippen molar-refractivity contribution in [3.05, 3.63) is 76.5 Å². The maximum Gasteiger partial charge on any atom is 0.343 e. The number of rotatable bonds is 9. The van der Waals surface area contributed by atoms with E-state index in [9.17, 15) is 4.79 Å².